The Hall–Kier alpha value is -3.22. The zero-order chi connectivity index (χ0) is 22.9. The maximum Gasteiger partial charge on any atom is 0.416 e. The van der Waals surface area contributed by atoms with Gasteiger partial charge >= 0.3 is 6.18 Å². The molecule has 0 aliphatic heterocycles. The van der Waals surface area contributed by atoms with E-state index in [4.69, 9.17) is 0 Å². The predicted molar refractivity (Wildman–Crippen MR) is 109 cm³/mol. The third kappa shape index (κ3) is 3.36. The van der Waals surface area contributed by atoms with Crippen LogP contribution in [-0.4, -0.2) is 48.9 Å². The molecular weight excluding hydrogens is 447 g/mol. The monoisotopic (exact) mass is 465 g/mol. The van der Waals surface area contributed by atoms with Crippen molar-refractivity contribution >= 4 is 26.9 Å². The normalized spacial score (nSPS) is 16.0. The highest BCUT2D eigenvalue weighted by Gasteiger charge is 2.38. The lowest BCUT2D eigenvalue weighted by Crippen LogP contribution is -2.18. The molecule has 5 rings (SSSR count). The van der Waals surface area contributed by atoms with E-state index < -0.39 is 21.6 Å². The van der Waals surface area contributed by atoms with Gasteiger partial charge in [-0.1, -0.05) is 6.92 Å². The number of hydrogen-bond acceptors (Lipinski definition) is 7. The quantitative estimate of drug-likeness (QED) is 0.482. The fourth-order valence-corrected chi connectivity index (χ4v) is 4.33. The van der Waals surface area contributed by atoms with Crippen molar-refractivity contribution < 1.29 is 21.6 Å². The molecule has 168 valence electrons. The second-order valence-corrected chi connectivity index (χ2v) is 10.2. The lowest BCUT2D eigenvalue weighted by molar-refractivity contribution is -0.137. The molecule has 1 N–H and O–H groups in total. The average Bonchev–Trinajstić information content (AvgIpc) is 3.15. The molecule has 1 saturated carbocycles. The molecule has 4 aromatic heterocycles. The van der Waals surface area contributed by atoms with Gasteiger partial charge in [0.05, 0.1) is 11.3 Å². The summed E-state index contributed by atoms with van der Waals surface area (Å²) in [6.07, 6.45) is 0.00833. The van der Waals surface area contributed by atoms with Crippen molar-refractivity contribution in [3.05, 3.63) is 36.2 Å². The van der Waals surface area contributed by atoms with Gasteiger partial charge in [0.25, 0.3) is 0 Å². The summed E-state index contributed by atoms with van der Waals surface area (Å²) in [5.41, 5.74) is -0.826. The lowest BCUT2D eigenvalue weighted by atomic mass is 10.2. The second-order valence-electron chi connectivity index (χ2n) is 7.99. The smallest absolute Gasteiger partial charge is 0.365 e. The summed E-state index contributed by atoms with van der Waals surface area (Å²) in [5, 5.41) is 11.6. The van der Waals surface area contributed by atoms with E-state index in [-0.39, 0.29) is 39.0 Å². The lowest BCUT2D eigenvalue weighted by Gasteiger charge is -2.13. The fraction of sp³-hybridized carbons (Fsp3) is 0.368. The van der Waals surface area contributed by atoms with Gasteiger partial charge < -0.3 is 5.32 Å². The Morgan fingerprint density at radius 1 is 1.22 bits per heavy atom. The van der Waals surface area contributed by atoms with Gasteiger partial charge in [-0.25, -0.2) is 22.9 Å². The first-order valence-electron chi connectivity index (χ1n) is 9.83. The molecule has 1 fully saturated rings. The number of nitrogens with zero attached hydrogens (tertiary/aromatic N) is 6. The van der Waals surface area contributed by atoms with Crippen molar-refractivity contribution in [2.45, 2.75) is 43.4 Å². The minimum atomic E-state index is -4.55. The van der Waals surface area contributed by atoms with Crippen molar-refractivity contribution in [3.8, 4) is 11.4 Å². The number of alkyl halides is 3. The molecule has 0 atom stereocenters. The SMILES string of the molecule is CCS(=O)(=O)c1nn2c(NC3(C)CC3)ccnc2c1-c1nc2cc(C(F)(F)F)ccn2n1. The number of rotatable bonds is 5. The summed E-state index contributed by atoms with van der Waals surface area (Å²) in [6.45, 7) is 3.52. The van der Waals surface area contributed by atoms with Gasteiger partial charge in [0.1, 0.15) is 11.4 Å². The minimum Gasteiger partial charge on any atom is -0.365 e. The first-order valence-corrected chi connectivity index (χ1v) is 11.5. The van der Waals surface area contributed by atoms with Crippen LogP contribution >= 0.6 is 0 Å². The molecule has 0 aromatic carbocycles. The van der Waals surface area contributed by atoms with Crippen LogP contribution in [0.5, 0.6) is 0 Å². The maximum absolute atomic E-state index is 13.1. The van der Waals surface area contributed by atoms with Crippen molar-refractivity contribution in [2.75, 3.05) is 11.1 Å². The first kappa shape index (κ1) is 20.7. The molecule has 4 heterocycles. The molecule has 0 spiro atoms. The van der Waals surface area contributed by atoms with E-state index in [2.05, 4.69) is 25.5 Å². The van der Waals surface area contributed by atoms with E-state index in [9.17, 15) is 21.6 Å². The van der Waals surface area contributed by atoms with Gasteiger partial charge in [0, 0.05) is 17.9 Å². The number of anilines is 1. The highest BCUT2D eigenvalue weighted by molar-refractivity contribution is 7.91. The number of halogens is 3. The maximum atomic E-state index is 13.1. The molecule has 13 heteroatoms. The van der Waals surface area contributed by atoms with Crippen LogP contribution in [0.15, 0.2) is 35.6 Å². The number of pyridine rings is 1. The van der Waals surface area contributed by atoms with Crippen molar-refractivity contribution in [3.63, 3.8) is 0 Å². The number of sulfone groups is 1. The minimum absolute atomic E-state index is 0.0497. The highest BCUT2D eigenvalue weighted by Crippen LogP contribution is 2.39. The van der Waals surface area contributed by atoms with E-state index in [1.54, 1.807) is 6.07 Å². The van der Waals surface area contributed by atoms with Crippen molar-refractivity contribution in [1.29, 1.82) is 0 Å². The van der Waals surface area contributed by atoms with E-state index >= 15 is 0 Å². The second kappa shape index (κ2) is 6.64. The van der Waals surface area contributed by atoms with Crippen molar-refractivity contribution in [1.82, 2.24) is 29.2 Å². The Labute approximate surface area is 180 Å². The third-order valence-electron chi connectivity index (χ3n) is 5.48. The van der Waals surface area contributed by atoms with Crippen molar-refractivity contribution in [2.24, 2.45) is 0 Å². The molecule has 32 heavy (non-hydrogen) atoms. The third-order valence-corrected chi connectivity index (χ3v) is 7.11. The number of nitrogens with one attached hydrogen (secondary N) is 1. The van der Waals surface area contributed by atoms with Gasteiger partial charge in [0.2, 0.25) is 0 Å². The van der Waals surface area contributed by atoms with E-state index in [1.807, 2.05) is 6.92 Å². The first-order chi connectivity index (χ1) is 15.0. The Bertz CT molecular complexity index is 1470. The summed E-state index contributed by atoms with van der Waals surface area (Å²) in [6, 6.07) is 3.41. The summed E-state index contributed by atoms with van der Waals surface area (Å²) < 4.78 is 67.5. The van der Waals surface area contributed by atoms with Crippen LogP contribution in [0.3, 0.4) is 0 Å². The average molecular weight is 465 g/mol. The summed E-state index contributed by atoms with van der Waals surface area (Å²) >= 11 is 0. The zero-order valence-electron chi connectivity index (χ0n) is 17.0. The van der Waals surface area contributed by atoms with Crippen LogP contribution in [0.1, 0.15) is 32.3 Å². The van der Waals surface area contributed by atoms with E-state index in [0.29, 0.717) is 5.82 Å². The molecule has 0 saturated heterocycles. The van der Waals surface area contributed by atoms with E-state index in [1.165, 1.54) is 17.6 Å². The van der Waals surface area contributed by atoms with Crippen LogP contribution < -0.4 is 5.32 Å². The molecule has 0 unspecified atom stereocenters. The molecule has 1 aliphatic rings. The summed E-state index contributed by atoms with van der Waals surface area (Å²) in [4.78, 5) is 8.47. The largest absolute Gasteiger partial charge is 0.416 e. The van der Waals surface area contributed by atoms with Gasteiger partial charge in [-0.2, -0.15) is 22.8 Å². The fourth-order valence-electron chi connectivity index (χ4n) is 3.36. The Balaban J connectivity index is 1.75. The molecular formula is C19H18F3N7O2S. The van der Waals surface area contributed by atoms with Crippen LogP contribution in [0.2, 0.25) is 0 Å². The molecule has 4 aromatic rings. The van der Waals surface area contributed by atoms with Gasteiger partial charge in [-0.05, 0) is 38.0 Å². The Morgan fingerprint density at radius 3 is 2.62 bits per heavy atom. The topological polar surface area (TPSA) is 107 Å². The summed E-state index contributed by atoms with van der Waals surface area (Å²) in [7, 11) is -3.82. The van der Waals surface area contributed by atoms with Crippen LogP contribution in [0.25, 0.3) is 22.7 Å². The predicted octanol–water partition coefficient (Wildman–Crippen LogP) is 3.22. The highest BCUT2D eigenvalue weighted by atomic mass is 32.2. The van der Waals surface area contributed by atoms with Gasteiger partial charge in [0.15, 0.2) is 32.0 Å². The van der Waals surface area contributed by atoms with Crippen LogP contribution in [0, 0.1) is 0 Å². The molecule has 0 radical (unpaired) electrons. The number of aromatic nitrogens is 6. The van der Waals surface area contributed by atoms with E-state index in [0.717, 1.165) is 35.7 Å². The zero-order valence-corrected chi connectivity index (χ0v) is 17.9. The molecule has 0 amide bonds. The molecule has 0 bridgehead atoms. The Kier molecular flexibility index (Phi) is 4.29. The molecule has 1 aliphatic carbocycles. The number of fused-ring (bicyclic) bond motifs is 2. The van der Waals surface area contributed by atoms with Gasteiger partial charge in [-0.15, -0.1) is 5.10 Å². The standard InChI is InChI=1S/C19H18F3N7O2S/c1-3-32(30,31)17-14(15-24-13-10-11(19(20,21)22)5-9-28(13)26-15)16-23-8-4-12(29(16)27-17)25-18(2)6-7-18/h4-5,8-10,25H,3,6-7H2,1-2H3. The Morgan fingerprint density at radius 2 is 1.97 bits per heavy atom. The van der Waals surface area contributed by atoms with Gasteiger partial charge in [-0.3, -0.25) is 0 Å². The molecule has 9 nitrogen and oxygen atoms in total. The summed E-state index contributed by atoms with van der Waals surface area (Å²) in [5.74, 6) is 0.251. The van der Waals surface area contributed by atoms with Crippen LogP contribution in [-0.2, 0) is 16.0 Å². The number of hydrogen-bond donors (Lipinski definition) is 1. The van der Waals surface area contributed by atoms with Crippen LogP contribution in [0.4, 0.5) is 19.0 Å².